The van der Waals surface area contributed by atoms with Gasteiger partial charge in [-0.05, 0) is 61.7 Å². The highest BCUT2D eigenvalue weighted by Crippen LogP contribution is 2.61. The molecule has 0 aromatic rings. The van der Waals surface area contributed by atoms with Crippen LogP contribution in [0.15, 0.2) is 24.3 Å². The SMILES string of the molecule is C=C1CCC2C(C)(C)CCCC2(C)C1C/C=C/C. The third-order valence-corrected chi connectivity index (χ3v) is 5.93. The van der Waals surface area contributed by atoms with Crippen LogP contribution in [0.1, 0.15) is 66.2 Å². The summed E-state index contributed by atoms with van der Waals surface area (Å²) in [5.41, 5.74) is 2.54. The second-order valence-corrected chi connectivity index (χ2v) is 7.45. The summed E-state index contributed by atoms with van der Waals surface area (Å²) in [6.45, 7) is 14.1. The minimum Gasteiger partial charge on any atom is -0.0995 e. The number of hydrogen-bond donors (Lipinski definition) is 0. The van der Waals surface area contributed by atoms with Crippen LogP contribution in [0.25, 0.3) is 0 Å². The van der Waals surface area contributed by atoms with Gasteiger partial charge in [0.1, 0.15) is 0 Å². The first-order chi connectivity index (χ1) is 8.42. The highest BCUT2D eigenvalue weighted by atomic mass is 14.6. The van der Waals surface area contributed by atoms with Crippen LogP contribution in [0.5, 0.6) is 0 Å². The van der Waals surface area contributed by atoms with E-state index in [1.165, 1.54) is 44.1 Å². The van der Waals surface area contributed by atoms with E-state index in [4.69, 9.17) is 0 Å². The maximum atomic E-state index is 4.40. The molecule has 0 nitrogen and oxygen atoms in total. The van der Waals surface area contributed by atoms with Crippen LogP contribution in [0.2, 0.25) is 0 Å². The number of rotatable bonds is 2. The molecule has 0 amide bonds. The number of allylic oxidation sites excluding steroid dienone is 3. The van der Waals surface area contributed by atoms with E-state index in [0.29, 0.717) is 16.7 Å². The molecule has 0 heterocycles. The van der Waals surface area contributed by atoms with Gasteiger partial charge in [0, 0.05) is 0 Å². The Bertz CT molecular complexity index is 347. The molecular weight excluding hydrogens is 216 g/mol. The summed E-state index contributed by atoms with van der Waals surface area (Å²) in [5.74, 6) is 1.60. The second kappa shape index (κ2) is 4.87. The van der Waals surface area contributed by atoms with E-state index in [1.807, 2.05) is 0 Å². The molecule has 0 aromatic carbocycles. The predicted molar refractivity (Wildman–Crippen MR) is 80.5 cm³/mol. The molecule has 2 saturated carbocycles. The quantitative estimate of drug-likeness (QED) is 0.544. The summed E-state index contributed by atoms with van der Waals surface area (Å²) < 4.78 is 0. The van der Waals surface area contributed by atoms with Crippen molar-refractivity contribution >= 4 is 0 Å². The maximum Gasteiger partial charge on any atom is -0.0115 e. The standard InChI is InChI=1S/C18H30/c1-6-7-9-15-14(2)10-11-16-17(3,4)12-8-13-18(15,16)5/h6-7,15-16H,2,8-13H2,1,3-5H3/b7-6+. The average molecular weight is 246 g/mol. The largest absolute Gasteiger partial charge is 0.0995 e. The zero-order valence-electron chi connectivity index (χ0n) is 12.8. The zero-order valence-corrected chi connectivity index (χ0v) is 12.8. The number of hydrogen-bond acceptors (Lipinski definition) is 0. The Morgan fingerprint density at radius 2 is 2.00 bits per heavy atom. The Labute approximate surface area is 114 Å². The Morgan fingerprint density at radius 3 is 2.67 bits per heavy atom. The van der Waals surface area contributed by atoms with Gasteiger partial charge in [0.05, 0.1) is 0 Å². The molecule has 2 fully saturated rings. The fourth-order valence-corrected chi connectivity index (χ4v) is 4.98. The fourth-order valence-electron chi connectivity index (χ4n) is 4.98. The summed E-state index contributed by atoms with van der Waals surface area (Å²) in [5, 5.41) is 0. The molecule has 2 aliphatic carbocycles. The lowest BCUT2D eigenvalue weighted by atomic mass is 9.47. The lowest BCUT2D eigenvalue weighted by Gasteiger charge is -2.58. The molecule has 0 aromatic heterocycles. The molecule has 0 N–H and O–H groups in total. The smallest absolute Gasteiger partial charge is 0.0115 e. The summed E-state index contributed by atoms with van der Waals surface area (Å²) in [7, 11) is 0. The van der Waals surface area contributed by atoms with Crippen molar-refractivity contribution in [1.29, 1.82) is 0 Å². The van der Waals surface area contributed by atoms with Gasteiger partial charge in [-0.2, -0.15) is 0 Å². The van der Waals surface area contributed by atoms with E-state index in [1.54, 1.807) is 0 Å². The third kappa shape index (κ3) is 2.19. The molecule has 3 atom stereocenters. The molecule has 102 valence electrons. The van der Waals surface area contributed by atoms with Gasteiger partial charge in [0.15, 0.2) is 0 Å². The van der Waals surface area contributed by atoms with Gasteiger partial charge in [-0.25, -0.2) is 0 Å². The van der Waals surface area contributed by atoms with E-state index in [0.717, 1.165) is 5.92 Å². The molecule has 2 aliphatic rings. The van der Waals surface area contributed by atoms with E-state index in [9.17, 15) is 0 Å². The van der Waals surface area contributed by atoms with Gasteiger partial charge in [-0.3, -0.25) is 0 Å². The van der Waals surface area contributed by atoms with E-state index < -0.39 is 0 Å². The van der Waals surface area contributed by atoms with E-state index in [-0.39, 0.29) is 0 Å². The van der Waals surface area contributed by atoms with Gasteiger partial charge in [-0.15, -0.1) is 0 Å². The van der Waals surface area contributed by atoms with Crippen molar-refractivity contribution in [2.75, 3.05) is 0 Å². The van der Waals surface area contributed by atoms with E-state index in [2.05, 4.69) is 46.4 Å². The lowest BCUT2D eigenvalue weighted by Crippen LogP contribution is -2.49. The monoisotopic (exact) mass is 246 g/mol. The molecule has 0 bridgehead atoms. The summed E-state index contributed by atoms with van der Waals surface area (Å²) >= 11 is 0. The summed E-state index contributed by atoms with van der Waals surface area (Å²) in [6, 6.07) is 0. The second-order valence-electron chi connectivity index (χ2n) is 7.45. The van der Waals surface area contributed by atoms with Crippen molar-refractivity contribution in [1.82, 2.24) is 0 Å². The minimum atomic E-state index is 0.497. The Hall–Kier alpha value is -0.520. The Kier molecular flexibility index (Phi) is 3.76. The first-order valence-corrected chi connectivity index (χ1v) is 7.70. The number of fused-ring (bicyclic) bond motifs is 1. The normalized spacial score (nSPS) is 39.9. The van der Waals surface area contributed by atoms with Crippen molar-refractivity contribution in [2.45, 2.75) is 66.2 Å². The molecule has 0 saturated heterocycles. The molecule has 18 heavy (non-hydrogen) atoms. The molecule has 0 radical (unpaired) electrons. The van der Waals surface area contributed by atoms with Crippen molar-refractivity contribution in [2.24, 2.45) is 22.7 Å². The van der Waals surface area contributed by atoms with Gasteiger partial charge in [-0.1, -0.05) is 51.5 Å². The van der Waals surface area contributed by atoms with Crippen LogP contribution in [0.4, 0.5) is 0 Å². The zero-order chi connectivity index (χ0) is 13.4. The van der Waals surface area contributed by atoms with Crippen molar-refractivity contribution < 1.29 is 0 Å². The van der Waals surface area contributed by atoms with Gasteiger partial charge in [0.25, 0.3) is 0 Å². The molecule has 0 heteroatoms. The molecule has 2 rings (SSSR count). The van der Waals surface area contributed by atoms with Gasteiger partial charge >= 0.3 is 0 Å². The lowest BCUT2D eigenvalue weighted by molar-refractivity contribution is -0.0510. The van der Waals surface area contributed by atoms with Crippen LogP contribution < -0.4 is 0 Å². The maximum absolute atomic E-state index is 4.40. The fraction of sp³-hybridized carbons (Fsp3) is 0.778. The van der Waals surface area contributed by atoms with Crippen LogP contribution >= 0.6 is 0 Å². The van der Waals surface area contributed by atoms with Crippen LogP contribution in [0.3, 0.4) is 0 Å². The van der Waals surface area contributed by atoms with Crippen molar-refractivity contribution in [3.05, 3.63) is 24.3 Å². The first-order valence-electron chi connectivity index (χ1n) is 7.70. The highest BCUT2D eigenvalue weighted by molar-refractivity contribution is 5.17. The first kappa shape index (κ1) is 13.9. The molecule has 0 spiro atoms. The third-order valence-electron chi connectivity index (χ3n) is 5.93. The average Bonchev–Trinajstić information content (AvgIpc) is 2.27. The molecule has 3 unspecified atom stereocenters. The molecular formula is C18H30. The van der Waals surface area contributed by atoms with E-state index >= 15 is 0 Å². The topological polar surface area (TPSA) is 0 Å². The van der Waals surface area contributed by atoms with Gasteiger partial charge in [0.2, 0.25) is 0 Å². The van der Waals surface area contributed by atoms with Crippen LogP contribution in [-0.4, -0.2) is 0 Å². The summed E-state index contributed by atoms with van der Waals surface area (Å²) in [6.07, 6.45) is 12.6. The van der Waals surface area contributed by atoms with Gasteiger partial charge < -0.3 is 0 Å². The Morgan fingerprint density at radius 1 is 1.28 bits per heavy atom. The minimum absolute atomic E-state index is 0.497. The molecule has 0 aliphatic heterocycles. The van der Waals surface area contributed by atoms with Crippen molar-refractivity contribution in [3.63, 3.8) is 0 Å². The van der Waals surface area contributed by atoms with Crippen LogP contribution in [-0.2, 0) is 0 Å². The van der Waals surface area contributed by atoms with Crippen LogP contribution in [0, 0.1) is 22.7 Å². The Balaban J connectivity index is 2.30. The predicted octanol–water partition coefficient (Wildman–Crippen LogP) is 5.75. The van der Waals surface area contributed by atoms with Crippen molar-refractivity contribution in [3.8, 4) is 0 Å². The highest BCUT2D eigenvalue weighted by Gasteiger charge is 2.52. The summed E-state index contributed by atoms with van der Waals surface area (Å²) in [4.78, 5) is 0.